The summed E-state index contributed by atoms with van der Waals surface area (Å²) in [5, 5.41) is 0. The second-order valence-corrected chi connectivity index (χ2v) is 1.43. The van der Waals surface area contributed by atoms with Crippen molar-refractivity contribution in [1.82, 2.24) is 9.97 Å². The number of carbonyl (C=O) groups is 1. The fraction of sp³-hybridized carbons (Fsp3) is 0.200. The third kappa shape index (κ3) is 2.13. The molecule has 0 bridgehead atoms. The van der Waals surface area contributed by atoms with E-state index < -0.39 is 0 Å². The summed E-state index contributed by atoms with van der Waals surface area (Å²) in [4.78, 5) is 16.6. The Labute approximate surface area is 68.4 Å². The van der Waals surface area contributed by atoms with Gasteiger partial charge in [0.1, 0.15) is 5.78 Å². The van der Waals surface area contributed by atoms with E-state index in [0.29, 0.717) is 5.82 Å². The zero-order chi connectivity index (χ0) is 5.98. The van der Waals surface area contributed by atoms with Crippen molar-refractivity contribution < 1.29 is 27.2 Å². The Morgan fingerprint density at radius 3 is 2.78 bits per heavy atom. The molecule has 1 aromatic heterocycles. The molecule has 0 saturated carbocycles. The molecule has 0 radical (unpaired) electrons. The van der Waals surface area contributed by atoms with Gasteiger partial charge in [0.2, 0.25) is 0 Å². The van der Waals surface area contributed by atoms with Crippen LogP contribution in [0.4, 0.5) is 0 Å². The molecular formula is C5H5AuN2O. The number of ketones is 1. The van der Waals surface area contributed by atoms with Gasteiger partial charge < -0.3 is 14.8 Å². The van der Waals surface area contributed by atoms with E-state index in [9.17, 15) is 4.79 Å². The van der Waals surface area contributed by atoms with Gasteiger partial charge in [0, 0.05) is 5.82 Å². The number of nitrogens with zero attached hydrogens (tertiary/aromatic N) is 1. The zero-order valence-corrected chi connectivity index (χ0v) is 6.90. The van der Waals surface area contributed by atoms with Gasteiger partial charge in [0.25, 0.3) is 0 Å². The van der Waals surface area contributed by atoms with Crippen molar-refractivity contribution in [3.05, 3.63) is 18.2 Å². The predicted molar refractivity (Wildman–Crippen MR) is 27.4 cm³/mol. The van der Waals surface area contributed by atoms with Crippen LogP contribution >= 0.6 is 0 Å². The standard InChI is InChI=1S/C5H5N2O.Au/c1-4(8)5-6-2-3-7-5;/h2H,1H3,(H,6,7);/q-1;+1. The summed E-state index contributed by atoms with van der Waals surface area (Å²) in [6, 6.07) is 0. The van der Waals surface area contributed by atoms with E-state index in [1.807, 2.05) is 0 Å². The van der Waals surface area contributed by atoms with Crippen LogP contribution in [0.2, 0.25) is 0 Å². The Balaban J connectivity index is 0.000000640. The second-order valence-electron chi connectivity index (χ2n) is 1.43. The van der Waals surface area contributed by atoms with E-state index in [0.717, 1.165) is 0 Å². The van der Waals surface area contributed by atoms with Gasteiger partial charge in [-0.1, -0.05) is 6.20 Å². The molecule has 1 N–H and O–H groups in total. The Kier molecular flexibility index (Phi) is 3.46. The molecule has 3 nitrogen and oxygen atoms in total. The van der Waals surface area contributed by atoms with Crippen molar-refractivity contribution >= 4 is 5.78 Å². The van der Waals surface area contributed by atoms with Crippen LogP contribution in [0, 0.1) is 6.20 Å². The molecule has 0 atom stereocenters. The molecule has 0 spiro atoms. The topological polar surface area (TPSA) is 45.8 Å². The van der Waals surface area contributed by atoms with E-state index in [-0.39, 0.29) is 28.2 Å². The molecular weight excluding hydrogens is 301 g/mol. The van der Waals surface area contributed by atoms with Crippen molar-refractivity contribution in [3.63, 3.8) is 0 Å². The molecule has 52 valence electrons. The molecule has 0 aliphatic carbocycles. The van der Waals surface area contributed by atoms with Gasteiger partial charge in [0.15, 0.2) is 0 Å². The number of hydrogen-bond acceptors (Lipinski definition) is 2. The van der Waals surface area contributed by atoms with Gasteiger partial charge in [0.05, 0.1) is 0 Å². The van der Waals surface area contributed by atoms with E-state index in [1.54, 1.807) is 0 Å². The summed E-state index contributed by atoms with van der Waals surface area (Å²) >= 11 is 0. The first-order valence-electron chi connectivity index (χ1n) is 2.23. The van der Waals surface area contributed by atoms with Crippen LogP contribution in [0.15, 0.2) is 6.20 Å². The van der Waals surface area contributed by atoms with Crippen LogP contribution in [0.5, 0.6) is 0 Å². The number of imidazole rings is 1. The van der Waals surface area contributed by atoms with E-state index in [1.165, 1.54) is 13.1 Å². The monoisotopic (exact) mass is 306 g/mol. The summed E-state index contributed by atoms with van der Waals surface area (Å²) in [6.45, 7) is 1.45. The van der Waals surface area contributed by atoms with Gasteiger partial charge in [-0.3, -0.25) is 0 Å². The Bertz CT molecular complexity index is 183. The maximum atomic E-state index is 10.4. The molecule has 0 fully saturated rings. The second kappa shape index (κ2) is 3.61. The average molecular weight is 306 g/mol. The Hall–Kier alpha value is -0.380. The van der Waals surface area contributed by atoms with Crippen LogP contribution < -0.4 is 0 Å². The quantitative estimate of drug-likeness (QED) is 0.464. The molecule has 1 rings (SSSR count). The number of aromatic nitrogens is 2. The van der Waals surface area contributed by atoms with Gasteiger partial charge in [-0.25, -0.2) is 0 Å². The molecule has 1 heterocycles. The summed E-state index contributed by atoms with van der Waals surface area (Å²) in [6.07, 6.45) is 3.98. The van der Waals surface area contributed by atoms with Crippen LogP contribution in [-0.4, -0.2) is 15.8 Å². The first-order chi connectivity index (χ1) is 3.80. The van der Waals surface area contributed by atoms with E-state index in [2.05, 4.69) is 16.2 Å². The third-order valence-electron chi connectivity index (χ3n) is 0.783. The van der Waals surface area contributed by atoms with Crippen molar-refractivity contribution in [1.29, 1.82) is 0 Å². The molecule has 0 amide bonds. The van der Waals surface area contributed by atoms with E-state index in [4.69, 9.17) is 0 Å². The maximum Gasteiger partial charge on any atom is 1.00 e. The predicted octanol–water partition coefficient (Wildman–Crippen LogP) is 0.410. The Morgan fingerprint density at radius 1 is 1.89 bits per heavy atom. The number of carbonyl (C=O) groups excluding carboxylic acids is 1. The molecule has 0 saturated heterocycles. The van der Waals surface area contributed by atoms with Gasteiger partial charge in [-0.05, 0) is 6.92 Å². The summed E-state index contributed by atoms with van der Waals surface area (Å²) < 4.78 is 0. The number of hydrogen-bond donors (Lipinski definition) is 1. The van der Waals surface area contributed by atoms with Crippen LogP contribution in [0.25, 0.3) is 0 Å². The van der Waals surface area contributed by atoms with Crippen molar-refractivity contribution in [2.75, 3.05) is 0 Å². The minimum atomic E-state index is -0.0637. The first-order valence-corrected chi connectivity index (χ1v) is 2.23. The van der Waals surface area contributed by atoms with Crippen molar-refractivity contribution in [3.8, 4) is 0 Å². The SMILES string of the molecule is CC(=O)c1n[c-]c[nH]1.[Au+]. The van der Waals surface area contributed by atoms with Crippen LogP contribution in [0.1, 0.15) is 17.5 Å². The van der Waals surface area contributed by atoms with Crippen LogP contribution in [0.3, 0.4) is 0 Å². The number of rotatable bonds is 1. The third-order valence-corrected chi connectivity index (χ3v) is 0.783. The molecule has 0 aliphatic rings. The first kappa shape index (κ1) is 8.62. The van der Waals surface area contributed by atoms with Crippen molar-refractivity contribution in [2.24, 2.45) is 0 Å². The van der Waals surface area contributed by atoms with Gasteiger partial charge in [-0.2, -0.15) is 0 Å². The normalized spacial score (nSPS) is 8.11. The fourth-order valence-corrected chi connectivity index (χ4v) is 0.410. The van der Waals surface area contributed by atoms with Gasteiger partial charge >= 0.3 is 22.4 Å². The summed E-state index contributed by atoms with van der Waals surface area (Å²) in [7, 11) is 0. The van der Waals surface area contributed by atoms with Gasteiger partial charge in [-0.15, -0.1) is 6.20 Å². The number of nitrogens with one attached hydrogen (secondary N) is 1. The molecule has 1 aromatic rings. The zero-order valence-electron chi connectivity index (χ0n) is 4.73. The maximum absolute atomic E-state index is 10.4. The molecule has 0 aliphatic heterocycles. The summed E-state index contributed by atoms with van der Waals surface area (Å²) in [5.41, 5.74) is 0. The molecule has 0 unspecified atom stereocenters. The average Bonchev–Trinajstić information content (AvgIpc) is 2.12. The number of aromatic amines is 1. The van der Waals surface area contributed by atoms with Crippen LogP contribution in [-0.2, 0) is 22.4 Å². The molecule has 0 aromatic carbocycles. The largest absolute Gasteiger partial charge is 1.00 e. The molecule has 4 heteroatoms. The molecule has 9 heavy (non-hydrogen) atoms. The number of H-pyrrole nitrogens is 1. The number of Topliss-reactive ketones (excluding diaryl/α,β-unsaturated/α-hetero) is 1. The van der Waals surface area contributed by atoms with Crippen molar-refractivity contribution in [2.45, 2.75) is 6.92 Å². The summed E-state index contributed by atoms with van der Waals surface area (Å²) in [5.74, 6) is 0.302. The minimum absolute atomic E-state index is 0. The smallest absolute Gasteiger partial charge is 0.436 e. The fourth-order valence-electron chi connectivity index (χ4n) is 0.410. The Morgan fingerprint density at radius 2 is 2.56 bits per heavy atom. The van der Waals surface area contributed by atoms with E-state index >= 15 is 0 Å². The minimum Gasteiger partial charge on any atom is -0.436 e.